The number of benzene rings is 3. The number of halogens is 3. The van der Waals surface area contributed by atoms with Crippen molar-refractivity contribution in [2.75, 3.05) is 37.0 Å². The van der Waals surface area contributed by atoms with Gasteiger partial charge in [-0.3, -0.25) is 9.59 Å². The van der Waals surface area contributed by atoms with E-state index in [0.29, 0.717) is 17.9 Å². The predicted octanol–water partition coefficient (Wildman–Crippen LogP) is 5.22. The Morgan fingerprint density at radius 2 is 1.58 bits per heavy atom. The topological polar surface area (TPSA) is 87.5 Å². The summed E-state index contributed by atoms with van der Waals surface area (Å²) in [6.07, 6.45) is -1.42. The van der Waals surface area contributed by atoms with Crippen LogP contribution in [0.1, 0.15) is 22.6 Å². The first-order valence-electron chi connectivity index (χ1n) is 11.1. The first-order valence-corrected chi connectivity index (χ1v) is 11.1. The zero-order valence-electron chi connectivity index (χ0n) is 19.8. The molecule has 4 N–H and O–H groups in total. The van der Waals surface area contributed by atoms with E-state index in [-0.39, 0.29) is 17.5 Å². The highest BCUT2D eigenvalue weighted by molar-refractivity contribution is 6.03. The van der Waals surface area contributed by atoms with Crippen molar-refractivity contribution in [1.82, 2.24) is 4.90 Å². The fourth-order valence-electron chi connectivity index (χ4n) is 3.47. The van der Waals surface area contributed by atoms with E-state index in [1.165, 1.54) is 18.2 Å². The first-order chi connectivity index (χ1) is 17.0. The Kier molecular flexibility index (Phi) is 8.50. The van der Waals surface area contributed by atoms with Crippen molar-refractivity contribution in [3.05, 3.63) is 95.6 Å². The van der Waals surface area contributed by atoms with Crippen LogP contribution in [-0.4, -0.2) is 37.4 Å². The third-order valence-corrected chi connectivity index (χ3v) is 5.33. The number of nitrogen functional groups attached to an aromatic ring is 1. The van der Waals surface area contributed by atoms with Crippen LogP contribution in [0.2, 0.25) is 0 Å². The highest BCUT2D eigenvalue weighted by Gasteiger charge is 2.30. The van der Waals surface area contributed by atoms with E-state index < -0.39 is 17.7 Å². The molecule has 0 aliphatic heterocycles. The molecular formula is C27H27F3N4O2. The van der Waals surface area contributed by atoms with Gasteiger partial charge in [-0.2, -0.15) is 13.2 Å². The number of hydrogen-bond acceptors (Lipinski definition) is 4. The highest BCUT2D eigenvalue weighted by atomic mass is 19.4. The normalized spacial score (nSPS) is 12.5. The van der Waals surface area contributed by atoms with Gasteiger partial charge in [0, 0.05) is 18.3 Å². The Hall–Kier alpha value is -4.11. The van der Waals surface area contributed by atoms with Gasteiger partial charge in [0.2, 0.25) is 11.8 Å². The average Bonchev–Trinajstić information content (AvgIpc) is 2.83. The molecule has 0 saturated heterocycles. The average molecular weight is 497 g/mol. The monoisotopic (exact) mass is 496 g/mol. The van der Waals surface area contributed by atoms with E-state index in [9.17, 15) is 22.8 Å². The second kappa shape index (κ2) is 11.5. The number of nitrogens with two attached hydrogens (primary N) is 1. The number of alkyl halides is 3. The number of likely N-dealkylation sites (N-methyl/N-ethyl adjacent to an activating group) is 1. The van der Waals surface area contributed by atoms with Gasteiger partial charge >= 0.3 is 6.18 Å². The molecule has 0 aliphatic carbocycles. The molecule has 0 fully saturated rings. The van der Waals surface area contributed by atoms with E-state index >= 15 is 0 Å². The minimum atomic E-state index is -4.44. The summed E-state index contributed by atoms with van der Waals surface area (Å²) in [5.41, 5.74) is 7.79. The molecule has 6 nitrogen and oxygen atoms in total. The van der Waals surface area contributed by atoms with E-state index in [2.05, 4.69) is 10.6 Å². The standard InChI is InChI=1S/C27H27F3N4O2/c1-34(2)17-22(26(36)32-21-14-12-20(13-15-21)27(28,29)30)19-10-7-18(8-11-19)9-16-25(35)33-24-6-4-3-5-23(24)31/h3-16,22H,17,31H2,1-2H3,(H,32,36)(H,33,35). The second-order valence-electron chi connectivity index (χ2n) is 8.46. The number of para-hydroxylation sites is 2. The fourth-order valence-corrected chi connectivity index (χ4v) is 3.47. The van der Waals surface area contributed by atoms with E-state index in [4.69, 9.17) is 5.73 Å². The van der Waals surface area contributed by atoms with Crippen LogP contribution in [0.25, 0.3) is 6.08 Å². The summed E-state index contributed by atoms with van der Waals surface area (Å²) < 4.78 is 38.4. The number of carbonyl (C=O) groups excluding carboxylic acids is 2. The molecule has 3 aromatic rings. The molecule has 0 saturated carbocycles. The van der Waals surface area contributed by atoms with E-state index in [1.807, 2.05) is 19.0 Å². The molecule has 0 bridgehead atoms. The third-order valence-electron chi connectivity index (χ3n) is 5.33. The maximum Gasteiger partial charge on any atom is 0.416 e. The summed E-state index contributed by atoms with van der Waals surface area (Å²) in [7, 11) is 3.65. The fraction of sp³-hybridized carbons (Fsp3) is 0.185. The van der Waals surface area contributed by atoms with Gasteiger partial charge < -0.3 is 21.3 Å². The second-order valence-corrected chi connectivity index (χ2v) is 8.46. The van der Waals surface area contributed by atoms with Gasteiger partial charge in [0.25, 0.3) is 0 Å². The van der Waals surface area contributed by atoms with Crippen LogP contribution in [-0.2, 0) is 15.8 Å². The summed E-state index contributed by atoms with van der Waals surface area (Å²) >= 11 is 0. The smallest absolute Gasteiger partial charge is 0.397 e. The van der Waals surface area contributed by atoms with Crippen molar-refractivity contribution in [1.29, 1.82) is 0 Å². The van der Waals surface area contributed by atoms with Crippen LogP contribution in [0.5, 0.6) is 0 Å². The molecule has 188 valence electrons. The molecule has 2 amide bonds. The number of nitrogens with one attached hydrogen (secondary N) is 2. The van der Waals surface area contributed by atoms with Crippen molar-refractivity contribution in [3.63, 3.8) is 0 Å². The molecule has 3 rings (SSSR count). The molecule has 0 heterocycles. The lowest BCUT2D eigenvalue weighted by Crippen LogP contribution is -2.30. The minimum absolute atomic E-state index is 0.279. The minimum Gasteiger partial charge on any atom is -0.397 e. The van der Waals surface area contributed by atoms with Crippen molar-refractivity contribution in [2.45, 2.75) is 12.1 Å². The first kappa shape index (κ1) is 26.5. The number of hydrogen-bond donors (Lipinski definition) is 3. The zero-order valence-corrected chi connectivity index (χ0v) is 19.8. The number of amides is 2. The Morgan fingerprint density at radius 3 is 2.17 bits per heavy atom. The molecule has 0 spiro atoms. The summed E-state index contributed by atoms with van der Waals surface area (Å²) in [4.78, 5) is 27.0. The molecule has 9 heteroatoms. The van der Waals surface area contributed by atoms with Crippen LogP contribution in [0, 0.1) is 0 Å². The van der Waals surface area contributed by atoms with Gasteiger partial charge in [0.1, 0.15) is 0 Å². The molecule has 36 heavy (non-hydrogen) atoms. The Morgan fingerprint density at radius 1 is 0.944 bits per heavy atom. The van der Waals surface area contributed by atoms with Crippen LogP contribution in [0.3, 0.4) is 0 Å². The lowest BCUT2D eigenvalue weighted by atomic mass is 9.96. The number of carbonyl (C=O) groups is 2. The van der Waals surface area contributed by atoms with Crippen molar-refractivity contribution < 1.29 is 22.8 Å². The van der Waals surface area contributed by atoms with Crippen LogP contribution in [0.15, 0.2) is 78.9 Å². The summed E-state index contributed by atoms with van der Waals surface area (Å²) in [6.45, 7) is 0.391. The Balaban J connectivity index is 1.69. The van der Waals surface area contributed by atoms with Gasteiger partial charge in [-0.1, -0.05) is 36.4 Å². The van der Waals surface area contributed by atoms with Crippen molar-refractivity contribution in [2.24, 2.45) is 0 Å². The largest absolute Gasteiger partial charge is 0.416 e. The molecule has 0 aliphatic rings. The molecular weight excluding hydrogens is 469 g/mol. The zero-order chi connectivity index (χ0) is 26.3. The summed E-state index contributed by atoms with van der Waals surface area (Å²) in [5.74, 6) is -1.24. The lowest BCUT2D eigenvalue weighted by Gasteiger charge is -2.21. The number of anilines is 3. The number of rotatable bonds is 8. The summed E-state index contributed by atoms with van der Waals surface area (Å²) in [6, 6.07) is 18.4. The quantitative estimate of drug-likeness (QED) is 0.295. The third kappa shape index (κ3) is 7.44. The van der Waals surface area contributed by atoms with Gasteiger partial charge in [0.15, 0.2) is 0 Å². The van der Waals surface area contributed by atoms with Gasteiger partial charge in [-0.25, -0.2) is 0 Å². The van der Waals surface area contributed by atoms with Crippen LogP contribution < -0.4 is 16.4 Å². The maximum atomic E-state index is 13.0. The maximum absolute atomic E-state index is 13.0. The van der Waals surface area contributed by atoms with Gasteiger partial charge in [-0.05, 0) is 67.7 Å². The Bertz CT molecular complexity index is 1220. The molecule has 0 aromatic heterocycles. The molecule has 3 aromatic carbocycles. The summed E-state index contributed by atoms with van der Waals surface area (Å²) in [5, 5.41) is 5.41. The van der Waals surface area contributed by atoms with Gasteiger partial charge in [0.05, 0.1) is 22.9 Å². The predicted molar refractivity (Wildman–Crippen MR) is 136 cm³/mol. The molecule has 1 atom stereocenters. The van der Waals surface area contributed by atoms with Crippen molar-refractivity contribution in [3.8, 4) is 0 Å². The van der Waals surface area contributed by atoms with Crippen molar-refractivity contribution >= 4 is 35.0 Å². The van der Waals surface area contributed by atoms with Gasteiger partial charge in [-0.15, -0.1) is 0 Å². The Labute approximate surface area is 207 Å². The highest BCUT2D eigenvalue weighted by Crippen LogP contribution is 2.30. The van der Waals surface area contributed by atoms with Crippen LogP contribution in [0.4, 0.5) is 30.2 Å². The van der Waals surface area contributed by atoms with E-state index in [1.54, 1.807) is 54.6 Å². The SMILES string of the molecule is CN(C)CC(C(=O)Nc1ccc(C(F)(F)F)cc1)c1ccc(C=CC(=O)Nc2ccccc2N)cc1. The molecule has 0 radical (unpaired) electrons. The lowest BCUT2D eigenvalue weighted by molar-refractivity contribution is -0.137. The molecule has 1 unspecified atom stereocenters. The number of nitrogens with zero attached hydrogens (tertiary/aromatic N) is 1. The van der Waals surface area contributed by atoms with Crippen LogP contribution >= 0.6 is 0 Å². The van der Waals surface area contributed by atoms with E-state index in [0.717, 1.165) is 23.3 Å².